The number of hydrogen-bond donors (Lipinski definition) is 2. The molecule has 0 atom stereocenters. The number of piperazine rings is 1. The van der Waals surface area contributed by atoms with E-state index in [-0.39, 0.29) is 11.8 Å². The van der Waals surface area contributed by atoms with Crippen LogP contribution in [0.5, 0.6) is 0 Å². The molecule has 3 aromatic rings. The number of amides is 2. The van der Waals surface area contributed by atoms with Crippen molar-refractivity contribution in [3.8, 4) is 0 Å². The maximum Gasteiger partial charge on any atom is 0.251 e. The van der Waals surface area contributed by atoms with Crippen LogP contribution < -0.4 is 10.6 Å². The minimum absolute atomic E-state index is 0.0312. The van der Waals surface area contributed by atoms with Crippen LogP contribution in [0.4, 0.5) is 5.69 Å². The summed E-state index contributed by atoms with van der Waals surface area (Å²) < 4.78 is 0. The predicted molar refractivity (Wildman–Crippen MR) is 143 cm³/mol. The van der Waals surface area contributed by atoms with Crippen molar-refractivity contribution in [2.45, 2.75) is 32.4 Å². The molecule has 1 aliphatic heterocycles. The van der Waals surface area contributed by atoms with E-state index in [1.54, 1.807) is 29.5 Å². The summed E-state index contributed by atoms with van der Waals surface area (Å²) in [5.74, 6) is -0.181. The molecule has 1 aromatic heterocycles. The molecule has 0 bridgehead atoms. The van der Waals surface area contributed by atoms with E-state index in [9.17, 15) is 9.59 Å². The van der Waals surface area contributed by atoms with Gasteiger partial charge in [0.05, 0.1) is 0 Å². The van der Waals surface area contributed by atoms with Gasteiger partial charge in [-0.25, -0.2) is 0 Å². The minimum atomic E-state index is -0.150. The third kappa shape index (κ3) is 8.02. The van der Waals surface area contributed by atoms with Crippen molar-refractivity contribution in [1.29, 1.82) is 0 Å². The maximum absolute atomic E-state index is 12.8. The van der Waals surface area contributed by atoms with Gasteiger partial charge in [-0.05, 0) is 60.7 Å². The Hall–Kier alpha value is -3.00. The first-order chi connectivity index (χ1) is 17.0. The van der Waals surface area contributed by atoms with E-state index >= 15 is 0 Å². The van der Waals surface area contributed by atoms with Gasteiger partial charge in [0.15, 0.2) is 0 Å². The van der Waals surface area contributed by atoms with Crippen LogP contribution in [0.15, 0.2) is 66.0 Å². The van der Waals surface area contributed by atoms with Crippen LogP contribution in [0, 0.1) is 0 Å². The summed E-state index contributed by atoms with van der Waals surface area (Å²) in [5, 5.41) is 7.98. The molecule has 1 saturated heterocycles. The topological polar surface area (TPSA) is 64.7 Å². The Balaban J connectivity index is 1.24. The molecular formula is C28H34N4O2S. The molecule has 4 rings (SSSR count). The van der Waals surface area contributed by atoms with Crippen molar-refractivity contribution >= 4 is 28.8 Å². The Morgan fingerprint density at radius 2 is 1.74 bits per heavy atom. The van der Waals surface area contributed by atoms with Crippen molar-refractivity contribution in [1.82, 2.24) is 15.1 Å². The number of carbonyl (C=O) groups excluding carboxylic acids is 2. The molecule has 0 spiro atoms. The molecule has 7 heteroatoms. The minimum Gasteiger partial charge on any atom is -0.348 e. The van der Waals surface area contributed by atoms with E-state index < -0.39 is 0 Å². The molecule has 1 aliphatic rings. The molecular weight excluding hydrogens is 456 g/mol. The molecule has 6 nitrogen and oxygen atoms in total. The van der Waals surface area contributed by atoms with Crippen molar-refractivity contribution < 1.29 is 9.59 Å². The summed E-state index contributed by atoms with van der Waals surface area (Å²) in [6.45, 7) is 5.77. The van der Waals surface area contributed by atoms with E-state index in [4.69, 9.17) is 0 Å². The zero-order valence-electron chi connectivity index (χ0n) is 20.3. The van der Waals surface area contributed by atoms with Crippen LogP contribution in [0.2, 0.25) is 0 Å². The average molecular weight is 491 g/mol. The average Bonchev–Trinajstić information content (AvgIpc) is 3.38. The van der Waals surface area contributed by atoms with Crippen LogP contribution in [0.3, 0.4) is 0 Å². The number of nitrogens with zero attached hydrogens (tertiary/aromatic N) is 2. The first-order valence-corrected chi connectivity index (χ1v) is 13.1. The maximum atomic E-state index is 12.8. The molecule has 0 radical (unpaired) electrons. The lowest BCUT2D eigenvalue weighted by Crippen LogP contribution is -2.43. The van der Waals surface area contributed by atoms with Crippen molar-refractivity contribution in [3.05, 3.63) is 87.6 Å². The Morgan fingerprint density at radius 1 is 0.943 bits per heavy atom. The smallest absolute Gasteiger partial charge is 0.251 e. The number of rotatable bonds is 10. The number of nitrogens with one attached hydrogen (secondary N) is 2. The zero-order valence-corrected chi connectivity index (χ0v) is 21.2. The molecule has 35 heavy (non-hydrogen) atoms. The van der Waals surface area contributed by atoms with Gasteiger partial charge in [0.2, 0.25) is 5.91 Å². The normalized spacial score (nSPS) is 14.5. The van der Waals surface area contributed by atoms with Crippen LogP contribution in [-0.2, 0) is 24.3 Å². The summed E-state index contributed by atoms with van der Waals surface area (Å²) in [7, 11) is 2.16. The fourth-order valence-corrected chi connectivity index (χ4v) is 4.98. The van der Waals surface area contributed by atoms with Gasteiger partial charge >= 0.3 is 0 Å². The summed E-state index contributed by atoms with van der Waals surface area (Å²) in [6, 6.07) is 19.7. The fraction of sp³-hybridized carbons (Fsp3) is 0.357. The van der Waals surface area contributed by atoms with Crippen molar-refractivity contribution in [2.75, 3.05) is 38.5 Å². The van der Waals surface area contributed by atoms with Gasteiger partial charge in [0.25, 0.3) is 5.91 Å². The number of anilines is 1. The molecule has 184 valence electrons. The molecule has 0 saturated carbocycles. The zero-order chi connectivity index (χ0) is 24.5. The fourth-order valence-electron chi connectivity index (χ4n) is 4.23. The standard InChI is InChI=1S/C28H34N4O2S/c1-31-13-15-32(16-14-31)21-23-7-2-6-22(18-23)20-29-28(34)24-8-3-9-25(19-24)30-27(33)12-4-10-26-11-5-17-35-26/h2-3,5-9,11,17-19H,4,10,12-16,20-21H2,1H3,(H,29,34)(H,30,33). The molecule has 0 aliphatic carbocycles. The van der Waals surface area contributed by atoms with Gasteiger partial charge in [0, 0.05) is 61.8 Å². The SMILES string of the molecule is CN1CCN(Cc2cccc(CNC(=O)c3cccc(NC(=O)CCCc4cccs4)c3)c2)CC1. The Bertz CT molecular complexity index is 1110. The first-order valence-electron chi connectivity index (χ1n) is 12.2. The van der Waals surface area contributed by atoms with Gasteiger partial charge in [-0.1, -0.05) is 36.4 Å². The van der Waals surface area contributed by atoms with Gasteiger partial charge in [-0.2, -0.15) is 0 Å². The monoisotopic (exact) mass is 490 g/mol. The predicted octanol–water partition coefficient (Wildman–Crippen LogP) is 4.39. The largest absolute Gasteiger partial charge is 0.348 e. The number of benzene rings is 2. The Morgan fingerprint density at radius 3 is 2.54 bits per heavy atom. The second-order valence-electron chi connectivity index (χ2n) is 9.14. The van der Waals surface area contributed by atoms with E-state index in [0.717, 1.165) is 51.1 Å². The van der Waals surface area contributed by atoms with Gasteiger partial charge in [-0.15, -0.1) is 11.3 Å². The quantitative estimate of drug-likeness (QED) is 0.443. The summed E-state index contributed by atoms with van der Waals surface area (Å²) in [4.78, 5) is 31.2. The second-order valence-corrected chi connectivity index (χ2v) is 10.2. The van der Waals surface area contributed by atoms with E-state index in [2.05, 4.69) is 57.1 Å². The lowest BCUT2D eigenvalue weighted by atomic mass is 10.1. The lowest BCUT2D eigenvalue weighted by molar-refractivity contribution is -0.116. The number of aryl methyl sites for hydroxylation is 1. The molecule has 1 fully saturated rings. The lowest BCUT2D eigenvalue weighted by Gasteiger charge is -2.32. The molecule has 2 aromatic carbocycles. The van der Waals surface area contributed by atoms with Crippen LogP contribution in [0.25, 0.3) is 0 Å². The van der Waals surface area contributed by atoms with Crippen LogP contribution >= 0.6 is 11.3 Å². The third-order valence-electron chi connectivity index (χ3n) is 6.26. The summed E-state index contributed by atoms with van der Waals surface area (Å²) >= 11 is 1.72. The van der Waals surface area contributed by atoms with Gasteiger partial charge in [-0.3, -0.25) is 14.5 Å². The third-order valence-corrected chi connectivity index (χ3v) is 7.20. The molecule has 2 N–H and O–H groups in total. The highest BCUT2D eigenvalue weighted by Crippen LogP contribution is 2.15. The van der Waals surface area contributed by atoms with Crippen molar-refractivity contribution in [3.63, 3.8) is 0 Å². The van der Waals surface area contributed by atoms with Crippen LogP contribution in [-0.4, -0.2) is 54.8 Å². The van der Waals surface area contributed by atoms with Gasteiger partial charge < -0.3 is 15.5 Å². The van der Waals surface area contributed by atoms with E-state index in [1.807, 2.05) is 18.2 Å². The highest BCUT2D eigenvalue weighted by atomic mass is 32.1. The number of thiophene rings is 1. The number of carbonyl (C=O) groups is 2. The molecule has 0 unspecified atom stereocenters. The van der Waals surface area contributed by atoms with Crippen molar-refractivity contribution in [2.24, 2.45) is 0 Å². The molecule has 2 amide bonds. The highest BCUT2D eigenvalue weighted by molar-refractivity contribution is 7.09. The Kier molecular flexibility index (Phi) is 9.06. The molecule has 2 heterocycles. The summed E-state index contributed by atoms with van der Waals surface area (Å²) in [5.41, 5.74) is 3.54. The van der Waals surface area contributed by atoms with Crippen LogP contribution in [0.1, 0.15) is 39.2 Å². The first kappa shape index (κ1) is 25.1. The van der Waals surface area contributed by atoms with E-state index in [0.29, 0.717) is 24.2 Å². The second kappa shape index (κ2) is 12.6. The highest BCUT2D eigenvalue weighted by Gasteiger charge is 2.14. The number of hydrogen-bond acceptors (Lipinski definition) is 5. The van der Waals surface area contributed by atoms with E-state index in [1.165, 1.54) is 10.4 Å². The summed E-state index contributed by atoms with van der Waals surface area (Å²) in [6.07, 6.45) is 2.17. The van der Waals surface area contributed by atoms with Gasteiger partial charge in [0.1, 0.15) is 0 Å². The number of likely N-dealkylation sites (N-methyl/N-ethyl adjacent to an activating group) is 1. The Labute approximate surface area is 212 Å².